The lowest BCUT2D eigenvalue weighted by Crippen LogP contribution is -2.44. The Kier molecular flexibility index (Phi) is 8.43. The summed E-state index contributed by atoms with van der Waals surface area (Å²) in [7, 11) is 1.51. The SMILES string of the molecule is COc1cc(/C=C2\SC(=S)N(NC(=O)c3ccccc3Cl)C2=O)ccc1OCc1c(Cl)cccc1Cl. The molecule has 1 saturated heterocycles. The molecule has 4 rings (SSSR count). The van der Waals surface area contributed by atoms with E-state index in [2.05, 4.69) is 5.43 Å². The van der Waals surface area contributed by atoms with E-state index in [1.807, 2.05) is 0 Å². The average molecular weight is 580 g/mol. The van der Waals surface area contributed by atoms with E-state index in [1.165, 1.54) is 7.11 Å². The van der Waals surface area contributed by atoms with Crippen LogP contribution in [0.5, 0.6) is 11.5 Å². The van der Waals surface area contributed by atoms with Crippen LogP contribution >= 0.6 is 58.8 Å². The maximum absolute atomic E-state index is 12.9. The molecule has 3 aromatic rings. The van der Waals surface area contributed by atoms with Gasteiger partial charge in [0, 0.05) is 15.6 Å². The summed E-state index contributed by atoms with van der Waals surface area (Å²) in [5.41, 5.74) is 4.08. The molecule has 0 spiro atoms. The highest BCUT2D eigenvalue weighted by Gasteiger charge is 2.34. The lowest BCUT2D eigenvalue weighted by molar-refractivity contribution is -0.123. The number of hydrogen-bond acceptors (Lipinski definition) is 6. The normalized spacial score (nSPS) is 14.3. The van der Waals surface area contributed by atoms with Crippen molar-refractivity contribution in [1.29, 1.82) is 0 Å². The Morgan fingerprint density at radius 3 is 2.42 bits per heavy atom. The highest BCUT2D eigenvalue weighted by molar-refractivity contribution is 8.26. The van der Waals surface area contributed by atoms with Crippen LogP contribution in [-0.2, 0) is 11.4 Å². The second-order valence-electron chi connectivity index (χ2n) is 7.34. The van der Waals surface area contributed by atoms with Crippen LogP contribution in [0.3, 0.4) is 0 Å². The van der Waals surface area contributed by atoms with E-state index in [1.54, 1.807) is 66.7 Å². The zero-order valence-electron chi connectivity index (χ0n) is 18.6. The summed E-state index contributed by atoms with van der Waals surface area (Å²) >= 11 is 24.9. The van der Waals surface area contributed by atoms with Crippen molar-refractivity contribution in [3.05, 3.63) is 97.3 Å². The molecule has 0 bridgehead atoms. The molecule has 0 saturated carbocycles. The summed E-state index contributed by atoms with van der Waals surface area (Å²) < 4.78 is 11.5. The number of nitrogens with one attached hydrogen (secondary N) is 1. The molecule has 1 aliphatic heterocycles. The summed E-state index contributed by atoms with van der Waals surface area (Å²) in [5, 5.41) is 2.30. The highest BCUT2D eigenvalue weighted by Crippen LogP contribution is 2.35. The first-order valence-electron chi connectivity index (χ1n) is 10.4. The van der Waals surface area contributed by atoms with Crippen molar-refractivity contribution in [2.45, 2.75) is 6.61 Å². The quantitative estimate of drug-likeness (QED) is 0.246. The highest BCUT2D eigenvalue weighted by atomic mass is 35.5. The molecule has 3 aromatic carbocycles. The first-order valence-corrected chi connectivity index (χ1v) is 12.7. The number of methoxy groups -OCH3 is 1. The number of amides is 2. The zero-order chi connectivity index (χ0) is 25.8. The zero-order valence-corrected chi connectivity index (χ0v) is 22.5. The van der Waals surface area contributed by atoms with Crippen molar-refractivity contribution in [3.8, 4) is 11.5 Å². The van der Waals surface area contributed by atoms with Gasteiger partial charge in [-0.15, -0.1) is 0 Å². The van der Waals surface area contributed by atoms with Gasteiger partial charge in [-0.25, -0.2) is 0 Å². The number of rotatable bonds is 7. The van der Waals surface area contributed by atoms with Gasteiger partial charge in [0.1, 0.15) is 6.61 Å². The van der Waals surface area contributed by atoms with Crippen molar-refractivity contribution < 1.29 is 19.1 Å². The van der Waals surface area contributed by atoms with Gasteiger partial charge >= 0.3 is 0 Å². The number of nitrogens with zero attached hydrogens (tertiary/aromatic N) is 1. The molecule has 1 aliphatic rings. The van der Waals surface area contributed by atoms with E-state index in [-0.39, 0.29) is 21.5 Å². The smallest absolute Gasteiger partial charge is 0.285 e. The van der Waals surface area contributed by atoms with E-state index in [0.717, 1.165) is 16.8 Å². The minimum atomic E-state index is -0.542. The van der Waals surface area contributed by atoms with Gasteiger partial charge < -0.3 is 9.47 Å². The molecule has 0 unspecified atom stereocenters. The number of carbonyl (C=O) groups excluding carboxylic acids is 2. The van der Waals surface area contributed by atoms with E-state index in [0.29, 0.717) is 37.6 Å². The molecular weight excluding hydrogens is 563 g/mol. The van der Waals surface area contributed by atoms with Crippen LogP contribution in [-0.4, -0.2) is 28.3 Å². The maximum Gasteiger partial charge on any atom is 0.285 e. The Morgan fingerprint density at radius 1 is 1.03 bits per heavy atom. The predicted octanol–water partition coefficient (Wildman–Crippen LogP) is 6.78. The van der Waals surface area contributed by atoms with Crippen molar-refractivity contribution in [2.24, 2.45) is 0 Å². The predicted molar refractivity (Wildman–Crippen MR) is 148 cm³/mol. The molecule has 0 atom stereocenters. The summed E-state index contributed by atoms with van der Waals surface area (Å²) in [6, 6.07) is 17.0. The van der Waals surface area contributed by atoms with E-state index in [4.69, 9.17) is 56.5 Å². The van der Waals surface area contributed by atoms with Gasteiger partial charge in [0.25, 0.3) is 11.8 Å². The summed E-state index contributed by atoms with van der Waals surface area (Å²) in [6.07, 6.45) is 1.65. The summed E-state index contributed by atoms with van der Waals surface area (Å²) in [6.45, 7) is 0.151. The minimum Gasteiger partial charge on any atom is -0.493 e. The van der Waals surface area contributed by atoms with E-state index < -0.39 is 11.8 Å². The van der Waals surface area contributed by atoms with Crippen LogP contribution in [0.1, 0.15) is 21.5 Å². The molecule has 36 heavy (non-hydrogen) atoms. The van der Waals surface area contributed by atoms with Gasteiger partial charge in [0.2, 0.25) is 0 Å². The third kappa shape index (κ3) is 5.79. The number of benzene rings is 3. The van der Waals surface area contributed by atoms with Crippen molar-refractivity contribution in [3.63, 3.8) is 0 Å². The fourth-order valence-corrected chi connectivity index (χ4v) is 5.14. The van der Waals surface area contributed by atoms with Crippen LogP contribution in [0.15, 0.2) is 65.6 Å². The molecule has 1 fully saturated rings. The van der Waals surface area contributed by atoms with Gasteiger partial charge in [0.05, 0.1) is 22.6 Å². The van der Waals surface area contributed by atoms with Gasteiger partial charge in [-0.3, -0.25) is 15.0 Å². The first kappa shape index (κ1) is 26.3. The third-order valence-electron chi connectivity index (χ3n) is 5.04. The summed E-state index contributed by atoms with van der Waals surface area (Å²) in [4.78, 5) is 25.8. The lowest BCUT2D eigenvalue weighted by atomic mass is 10.2. The molecule has 0 radical (unpaired) electrons. The van der Waals surface area contributed by atoms with Crippen LogP contribution in [0, 0.1) is 0 Å². The number of hydrogen-bond donors (Lipinski definition) is 1. The Hall–Kier alpha value is -2.75. The van der Waals surface area contributed by atoms with Crippen molar-refractivity contribution in [1.82, 2.24) is 10.4 Å². The largest absolute Gasteiger partial charge is 0.493 e. The third-order valence-corrected chi connectivity index (χ3v) is 7.38. The Morgan fingerprint density at radius 2 is 1.72 bits per heavy atom. The standard InChI is InChI=1S/C25H17Cl3N2O4S2/c1-33-21-11-14(9-10-20(21)34-13-16-18(27)7-4-8-19(16)28)12-22-24(32)30(25(35)36-22)29-23(31)15-5-2-3-6-17(15)26/h2-12H,13H2,1H3,(H,29,31)/b22-12-. The molecule has 184 valence electrons. The summed E-state index contributed by atoms with van der Waals surface area (Å²) in [5.74, 6) is -0.0717. The number of hydrazine groups is 1. The number of halogens is 3. The monoisotopic (exact) mass is 578 g/mol. The number of ether oxygens (including phenoxy) is 2. The average Bonchev–Trinajstić information content (AvgIpc) is 3.11. The fraction of sp³-hybridized carbons (Fsp3) is 0.0800. The Bertz CT molecular complexity index is 1380. The molecule has 11 heteroatoms. The molecule has 2 amide bonds. The maximum atomic E-state index is 12.9. The molecular formula is C25H17Cl3N2O4S2. The Labute approximate surface area is 232 Å². The Balaban J connectivity index is 1.49. The van der Waals surface area contributed by atoms with Crippen molar-refractivity contribution in [2.75, 3.05) is 7.11 Å². The fourth-order valence-electron chi connectivity index (χ4n) is 3.24. The van der Waals surface area contributed by atoms with Crippen LogP contribution in [0.25, 0.3) is 6.08 Å². The second kappa shape index (κ2) is 11.5. The van der Waals surface area contributed by atoms with E-state index >= 15 is 0 Å². The van der Waals surface area contributed by atoms with Crippen LogP contribution in [0.4, 0.5) is 0 Å². The van der Waals surface area contributed by atoms with Gasteiger partial charge in [-0.1, -0.05) is 70.8 Å². The van der Waals surface area contributed by atoms with Crippen LogP contribution in [0.2, 0.25) is 15.1 Å². The van der Waals surface area contributed by atoms with Gasteiger partial charge in [-0.05, 0) is 60.3 Å². The molecule has 1 heterocycles. The lowest BCUT2D eigenvalue weighted by Gasteiger charge is -2.16. The minimum absolute atomic E-state index is 0.151. The number of carbonyl (C=O) groups is 2. The molecule has 0 aromatic heterocycles. The molecule has 1 N–H and O–H groups in total. The number of thiocarbonyl (C=S) groups is 1. The van der Waals surface area contributed by atoms with Gasteiger partial charge in [0.15, 0.2) is 15.8 Å². The second-order valence-corrected chi connectivity index (χ2v) is 10.2. The molecule has 6 nitrogen and oxygen atoms in total. The molecule has 0 aliphatic carbocycles. The first-order chi connectivity index (χ1) is 17.3. The number of thioether (sulfide) groups is 1. The van der Waals surface area contributed by atoms with Gasteiger partial charge in [-0.2, -0.15) is 5.01 Å². The van der Waals surface area contributed by atoms with Crippen molar-refractivity contribution >= 4 is 81.0 Å². The topological polar surface area (TPSA) is 67.9 Å². The van der Waals surface area contributed by atoms with Crippen LogP contribution < -0.4 is 14.9 Å². The van der Waals surface area contributed by atoms with E-state index in [9.17, 15) is 9.59 Å².